The van der Waals surface area contributed by atoms with Crippen molar-refractivity contribution in [3.05, 3.63) is 60.8 Å². The van der Waals surface area contributed by atoms with Crippen LogP contribution in [0.25, 0.3) is 22.2 Å². The van der Waals surface area contributed by atoms with E-state index in [0.29, 0.717) is 11.4 Å². The van der Waals surface area contributed by atoms with Crippen molar-refractivity contribution < 1.29 is 4.79 Å². The monoisotopic (exact) mass is 469 g/mol. The zero-order chi connectivity index (χ0) is 24.4. The van der Waals surface area contributed by atoms with E-state index in [2.05, 4.69) is 47.1 Å². The fourth-order valence-corrected chi connectivity index (χ4v) is 3.91. The summed E-state index contributed by atoms with van der Waals surface area (Å²) in [6, 6.07) is 7.33. The Balaban J connectivity index is 1.36. The summed E-state index contributed by atoms with van der Waals surface area (Å²) < 4.78 is 0. The average Bonchev–Trinajstić information content (AvgIpc) is 2.89. The lowest BCUT2D eigenvalue weighted by molar-refractivity contribution is 0.102. The third kappa shape index (κ3) is 5.02. The summed E-state index contributed by atoms with van der Waals surface area (Å²) >= 11 is 0. The molecule has 5 heterocycles. The number of likely N-dealkylation sites (N-methyl/N-ethyl adjacent to an activating group) is 1. The molecule has 0 spiro atoms. The van der Waals surface area contributed by atoms with Crippen LogP contribution in [0.5, 0.6) is 0 Å². The van der Waals surface area contributed by atoms with E-state index in [4.69, 9.17) is 0 Å². The highest BCUT2D eigenvalue weighted by Gasteiger charge is 2.17. The van der Waals surface area contributed by atoms with Gasteiger partial charge in [-0.1, -0.05) is 0 Å². The highest BCUT2D eigenvalue weighted by atomic mass is 16.1. The van der Waals surface area contributed by atoms with E-state index in [9.17, 15) is 4.79 Å². The Kier molecular flexibility index (Phi) is 6.19. The molecule has 1 amide bonds. The molecule has 0 aliphatic carbocycles. The molecule has 1 saturated heterocycles. The lowest BCUT2D eigenvalue weighted by Gasteiger charge is -2.33. The lowest BCUT2D eigenvalue weighted by Crippen LogP contribution is -2.44. The van der Waals surface area contributed by atoms with Crippen LogP contribution in [0.4, 0.5) is 17.5 Å². The molecule has 1 aliphatic rings. The van der Waals surface area contributed by atoms with Crippen LogP contribution in [0.1, 0.15) is 10.4 Å². The lowest BCUT2D eigenvalue weighted by atomic mass is 10.1. The Morgan fingerprint density at radius 2 is 1.80 bits per heavy atom. The molecule has 10 nitrogen and oxygen atoms in total. The maximum Gasteiger partial charge on any atom is 0.257 e. The summed E-state index contributed by atoms with van der Waals surface area (Å²) in [5.41, 5.74) is 2.83. The zero-order valence-corrected chi connectivity index (χ0v) is 20.0. The standard InChI is InChI=1S/C25H27N9O/c1-32(2)24-16-26-14-21(30-24)19-10-18-11-22(29-15-20(18)28-13-19)31-25(35)17-4-5-27-23(12-17)34-8-6-33(3)7-9-34/h4-5,10-16H,6-9H2,1-3H3,(H,29,31,35). The molecule has 0 saturated carbocycles. The summed E-state index contributed by atoms with van der Waals surface area (Å²) in [4.78, 5) is 41.6. The van der Waals surface area contributed by atoms with Crippen LogP contribution < -0.4 is 15.1 Å². The van der Waals surface area contributed by atoms with Crippen molar-refractivity contribution in [3.63, 3.8) is 0 Å². The second kappa shape index (κ2) is 9.59. The van der Waals surface area contributed by atoms with Crippen LogP contribution in [0.2, 0.25) is 0 Å². The molecule has 4 aromatic heterocycles. The number of carbonyl (C=O) groups is 1. The molecular formula is C25H27N9O. The molecule has 1 fully saturated rings. The highest BCUT2D eigenvalue weighted by Crippen LogP contribution is 2.24. The van der Waals surface area contributed by atoms with Crippen molar-refractivity contribution in [1.82, 2.24) is 29.8 Å². The van der Waals surface area contributed by atoms with Gasteiger partial charge in [0.15, 0.2) is 0 Å². The number of anilines is 3. The summed E-state index contributed by atoms with van der Waals surface area (Å²) in [6.07, 6.45) is 8.50. The molecule has 0 radical (unpaired) electrons. The number of amides is 1. The molecule has 10 heteroatoms. The average molecular weight is 470 g/mol. The smallest absolute Gasteiger partial charge is 0.257 e. The number of rotatable bonds is 5. The van der Waals surface area contributed by atoms with Crippen molar-refractivity contribution in [3.8, 4) is 11.3 Å². The Morgan fingerprint density at radius 1 is 0.971 bits per heavy atom. The number of fused-ring (bicyclic) bond motifs is 1. The first-order chi connectivity index (χ1) is 17.0. The van der Waals surface area contributed by atoms with Crippen molar-refractivity contribution in [1.29, 1.82) is 0 Å². The Labute approximate surface area is 203 Å². The molecule has 178 valence electrons. The van der Waals surface area contributed by atoms with Crippen LogP contribution in [0.3, 0.4) is 0 Å². The molecule has 35 heavy (non-hydrogen) atoms. The molecule has 0 aromatic carbocycles. The van der Waals surface area contributed by atoms with E-state index < -0.39 is 0 Å². The molecule has 0 bridgehead atoms. The number of hydrogen-bond donors (Lipinski definition) is 1. The predicted octanol–water partition coefficient (Wildman–Crippen LogP) is 2.55. The van der Waals surface area contributed by atoms with E-state index in [1.165, 1.54) is 0 Å². The van der Waals surface area contributed by atoms with Crippen molar-refractivity contribution in [2.45, 2.75) is 0 Å². The first-order valence-corrected chi connectivity index (χ1v) is 11.4. The molecule has 1 N–H and O–H groups in total. The summed E-state index contributed by atoms with van der Waals surface area (Å²) in [7, 11) is 5.95. The van der Waals surface area contributed by atoms with E-state index in [1.54, 1.807) is 37.1 Å². The van der Waals surface area contributed by atoms with Gasteiger partial charge in [-0.25, -0.2) is 15.0 Å². The normalized spacial score (nSPS) is 14.2. The Morgan fingerprint density at radius 3 is 2.60 bits per heavy atom. The SMILES string of the molecule is CN1CCN(c2cc(C(=O)Nc3cc4cc(-c5cncc(N(C)C)n5)cnc4cn3)ccn2)CC1. The number of aromatic nitrogens is 5. The fourth-order valence-electron chi connectivity index (χ4n) is 3.91. The van der Waals surface area contributed by atoms with Crippen LogP contribution in [-0.4, -0.2) is 83.0 Å². The van der Waals surface area contributed by atoms with Crippen molar-refractivity contribution in [2.24, 2.45) is 0 Å². The maximum absolute atomic E-state index is 13.0. The van der Waals surface area contributed by atoms with Crippen LogP contribution in [-0.2, 0) is 0 Å². The predicted molar refractivity (Wildman–Crippen MR) is 137 cm³/mol. The molecule has 0 unspecified atom stereocenters. The zero-order valence-electron chi connectivity index (χ0n) is 20.0. The quantitative estimate of drug-likeness (QED) is 0.472. The topological polar surface area (TPSA) is 103 Å². The highest BCUT2D eigenvalue weighted by molar-refractivity contribution is 6.04. The van der Waals surface area contributed by atoms with Gasteiger partial charge < -0.3 is 20.0 Å². The fraction of sp³-hybridized carbons (Fsp3) is 0.280. The number of nitrogens with zero attached hydrogens (tertiary/aromatic N) is 8. The van der Waals surface area contributed by atoms with Crippen molar-refractivity contribution in [2.75, 3.05) is 62.4 Å². The third-order valence-corrected chi connectivity index (χ3v) is 6.02. The van der Waals surface area contributed by atoms with E-state index >= 15 is 0 Å². The summed E-state index contributed by atoms with van der Waals surface area (Å²) in [5, 5.41) is 3.75. The number of piperazine rings is 1. The first-order valence-electron chi connectivity index (χ1n) is 11.4. The van der Waals surface area contributed by atoms with Gasteiger partial charge in [-0.05, 0) is 31.3 Å². The number of hydrogen-bond acceptors (Lipinski definition) is 9. The minimum atomic E-state index is -0.233. The summed E-state index contributed by atoms with van der Waals surface area (Å²) in [5.74, 6) is 1.79. The van der Waals surface area contributed by atoms with Gasteiger partial charge in [0.25, 0.3) is 5.91 Å². The molecule has 5 rings (SSSR count). The van der Waals surface area contributed by atoms with Gasteiger partial charge in [0.05, 0.1) is 29.8 Å². The van der Waals surface area contributed by atoms with Crippen LogP contribution >= 0.6 is 0 Å². The largest absolute Gasteiger partial charge is 0.361 e. The second-order valence-corrected chi connectivity index (χ2v) is 8.79. The second-order valence-electron chi connectivity index (χ2n) is 8.79. The van der Waals surface area contributed by atoms with Crippen LogP contribution in [0, 0.1) is 0 Å². The van der Waals surface area contributed by atoms with Gasteiger partial charge in [-0.3, -0.25) is 14.8 Å². The Hall–Kier alpha value is -4.18. The number of nitrogens with one attached hydrogen (secondary N) is 1. The number of carbonyl (C=O) groups excluding carboxylic acids is 1. The van der Waals surface area contributed by atoms with Gasteiger partial charge in [0.1, 0.15) is 17.5 Å². The first kappa shape index (κ1) is 22.6. The van der Waals surface area contributed by atoms with E-state index in [-0.39, 0.29) is 5.91 Å². The van der Waals surface area contributed by atoms with E-state index in [0.717, 1.165) is 60.0 Å². The molecular weight excluding hydrogens is 442 g/mol. The molecule has 0 atom stereocenters. The van der Waals surface area contributed by atoms with Crippen LogP contribution in [0.15, 0.2) is 55.2 Å². The van der Waals surface area contributed by atoms with Gasteiger partial charge in [-0.2, -0.15) is 0 Å². The van der Waals surface area contributed by atoms with Gasteiger partial charge in [-0.15, -0.1) is 0 Å². The van der Waals surface area contributed by atoms with Gasteiger partial charge in [0, 0.05) is 69.2 Å². The van der Waals surface area contributed by atoms with Gasteiger partial charge >= 0.3 is 0 Å². The maximum atomic E-state index is 13.0. The van der Waals surface area contributed by atoms with E-state index in [1.807, 2.05) is 37.2 Å². The minimum absolute atomic E-state index is 0.233. The number of pyridine rings is 3. The molecule has 1 aliphatic heterocycles. The molecule has 4 aromatic rings. The third-order valence-electron chi connectivity index (χ3n) is 6.02. The summed E-state index contributed by atoms with van der Waals surface area (Å²) in [6.45, 7) is 3.72. The minimum Gasteiger partial charge on any atom is -0.361 e. The van der Waals surface area contributed by atoms with Gasteiger partial charge in [0.2, 0.25) is 0 Å². The van der Waals surface area contributed by atoms with Crippen molar-refractivity contribution >= 4 is 34.3 Å². The Bertz CT molecular complexity index is 1370.